The molecule has 0 saturated carbocycles. The lowest BCUT2D eigenvalue weighted by atomic mass is 10.1. The van der Waals surface area contributed by atoms with Gasteiger partial charge >= 0.3 is 0 Å². The quantitative estimate of drug-likeness (QED) is 0.572. The largest absolute Gasteiger partial charge is 0.399 e. The SMILES string of the molecule is Nc1cccc(-c2ccn3c(-c4ccccc4)cnc3n2)c1. The Balaban J connectivity index is 1.84. The molecule has 0 saturated heterocycles. The van der Waals surface area contributed by atoms with Gasteiger partial charge in [-0.1, -0.05) is 42.5 Å². The Hall–Kier alpha value is -3.14. The van der Waals surface area contributed by atoms with Gasteiger partial charge in [0.2, 0.25) is 5.78 Å². The summed E-state index contributed by atoms with van der Waals surface area (Å²) < 4.78 is 1.99. The molecule has 22 heavy (non-hydrogen) atoms. The molecule has 2 heterocycles. The molecule has 0 spiro atoms. The van der Waals surface area contributed by atoms with Crippen LogP contribution in [0.2, 0.25) is 0 Å². The van der Waals surface area contributed by atoms with E-state index in [2.05, 4.69) is 22.1 Å². The predicted octanol–water partition coefficient (Wildman–Crippen LogP) is 3.65. The number of hydrogen-bond donors (Lipinski definition) is 1. The molecule has 0 aliphatic heterocycles. The third-order valence-corrected chi connectivity index (χ3v) is 3.63. The number of benzene rings is 2. The van der Waals surface area contributed by atoms with Crippen molar-refractivity contribution in [3.63, 3.8) is 0 Å². The minimum atomic E-state index is 0.679. The van der Waals surface area contributed by atoms with Crippen LogP contribution in [0.15, 0.2) is 73.1 Å². The van der Waals surface area contributed by atoms with E-state index in [4.69, 9.17) is 5.73 Å². The summed E-state index contributed by atoms with van der Waals surface area (Å²) in [5, 5.41) is 0. The van der Waals surface area contributed by atoms with Gasteiger partial charge in [-0.25, -0.2) is 9.97 Å². The summed E-state index contributed by atoms with van der Waals surface area (Å²) in [6, 6.07) is 19.9. The van der Waals surface area contributed by atoms with Crippen LogP contribution in [-0.4, -0.2) is 14.4 Å². The lowest BCUT2D eigenvalue weighted by Gasteiger charge is -2.04. The van der Waals surface area contributed by atoms with Gasteiger partial charge in [0.05, 0.1) is 17.6 Å². The summed E-state index contributed by atoms with van der Waals surface area (Å²) in [6.07, 6.45) is 3.84. The lowest BCUT2D eigenvalue weighted by molar-refractivity contribution is 1.12. The fourth-order valence-corrected chi connectivity index (χ4v) is 2.55. The van der Waals surface area contributed by atoms with Gasteiger partial charge < -0.3 is 5.73 Å². The van der Waals surface area contributed by atoms with Crippen molar-refractivity contribution in [3.8, 4) is 22.5 Å². The zero-order valence-corrected chi connectivity index (χ0v) is 11.8. The fraction of sp³-hybridized carbons (Fsp3) is 0. The normalized spacial score (nSPS) is 10.9. The predicted molar refractivity (Wildman–Crippen MR) is 88.3 cm³/mol. The Labute approximate surface area is 127 Å². The highest BCUT2D eigenvalue weighted by molar-refractivity contribution is 5.67. The molecular formula is C18H14N4. The smallest absolute Gasteiger partial charge is 0.234 e. The second kappa shape index (κ2) is 5.00. The summed E-state index contributed by atoms with van der Waals surface area (Å²) in [7, 11) is 0. The Morgan fingerprint density at radius 1 is 0.864 bits per heavy atom. The molecule has 4 aromatic rings. The van der Waals surface area contributed by atoms with Gasteiger partial charge in [-0.15, -0.1) is 0 Å². The van der Waals surface area contributed by atoms with Crippen LogP contribution in [0.3, 0.4) is 0 Å². The maximum atomic E-state index is 5.84. The van der Waals surface area contributed by atoms with E-state index in [1.807, 2.05) is 65.3 Å². The van der Waals surface area contributed by atoms with Gasteiger partial charge in [-0.2, -0.15) is 0 Å². The molecule has 0 aliphatic rings. The van der Waals surface area contributed by atoms with Gasteiger partial charge in [0.1, 0.15) is 0 Å². The van der Waals surface area contributed by atoms with Crippen LogP contribution in [0.1, 0.15) is 0 Å². The van der Waals surface area contributed by atoms with Crippen LogP contribution in [-0.2, 0) is 0 Å². The highest BCUT2D eigenvalue weighted by Gasteiger charge is 2.08. The Bertz CT molecular complexity index is 942. The summed E-state index contributed by atoms with van der Waals surface area (Å²) in [5.74, 6) is 0.679. The molecule has 2 aromatic heterocycles. The molecule has 0 aliphatic carbocycles. The van der Waals surface area contributed by atoms with Crippen LogP contribution in [0.5, 0.6) is 0 Å². The zero-order chi connectivity index (χ0) is 14.9. The molecular weight excluding hydrogens is 272 g/mol. The summed E-state index contributed by atoms with van der Waals surface area (Å²) in [4.78, 5) is 9.05. The van der Waals surface area contributed by atoms with Crippen LogP contribution in [0.4, 0.5) is 5.69 Å². The third-order valence-electron chi connectivity index (χ3n) is 3.63. The standard InChI is InChI=1S/C18H14N4/c19-15-8-4-7-14(11-15)16-9-10-22-17(12-20-18(22)21-16)13-5-2-1-3-6-13/h1-12H,19H2. The number of nitrogen functional groups attached to an aromatic ring is 1. The molecule has 106 valence electrons. The maximum absolute atomic E-state index is 5.84. The number of aromatic nitrogens is 3. The first-order valence-electron chi connectivity index (χ1n) is 7.07. The number of anilines is 1. The summed E-state index contributed by atoms with van der Waals surface area (Å²) >= 11 is 0. The maximum Gasteiger partial charge on any atom is 0.234 e. The zero-order valence-electron chi connectivity index (χ0n) is 11.8. The first-order valence-corrected chi connectivity index (χ1v) is 7.07. The van der Waals surface area contributed by atoms with Crippen molar-refractivity contribution in [2.75, 3.05) is 5.73 Å². The van der Waals surface area contributed by atoms with Crippen LogP contribution >= 0.6 is 0 Å². The number of rotatable bonds is 2. The van der Waals surface area contributed by atoms with Crippen molar-refractivity contribution < 1.29 is 0 Å². The average Bonchev–Trinajstić information content (AvgIpc) is 2.99. The summed E-state index contributed by atoms with van der Waals surface area (Å²) in [5.41, 5.74) is 10.6. The van der Waals surface area contributed by atoms with E-state index < -0.39 is 0 Å². The molecule has 2 aromatic carbocycles. The van der Waals surface area contributed by atoms with E-state index in [9.17, 15) is 0 Å². The Morgan fingerprint density at radius 3 is 2.50 bits per heavy atom. The molecule has 4 heteroatoms. The van der Waals surface area contributed by atoms with E-state index >= 15 is 0 Å². The fourth-order valence-electron chi connectivity index (χ4n) is 2.55. The van der Waals surface area contributed by atoms with Crippen LogP contribution in [0.25, 0.3) is 28.3 Å². The highest BCUT2D eigenvalue weighted by Crippen LogP contribution is 2.23. The topological polar surface area (TPSA) is 56.2 Å². The van der Waals surface area contributed by atoms with Crippen molar-refractivity contribution in [1.82, 2.24) is 14.4 Å². The molecule has 0 fully saturated rings. The van der Waals surface area contributed by atoms with Crippen molar-refractivity contribution in [2.24, 2.45) is 0 Å². The molecule has 0 radical (unpaired) electrons. The van der Waals surface area contributed by atoms with Crippen molar-refractivity contribution >= 4 is 11.5 Å². The minimum absolute atomic E-state index is 0.679. The summed E-state index contributed by atoms with van der Waals surface area (Å²) in [6.45, 7) is 0. The molecule has 0 bridgehead atoms. The highest BCUT2D eigenvalue weighted by atomic mass is 15.1. The van der Waals surface area contributed by atoms with Gasteiger partial charge in [0.25, 0.3) is 0 Å². The first-order chi connectivity index (χ1) is 10.8. The number of nitrogens with zero attached hydrogens (tertiary/aromatic N) is 3. The van der Waals surface area contributed by atoms with E-state index in [0.29, 0.717) is 5.78 Å². The molecule has 4 nitrogen and oxygen atoms in total. The third kappa shape index (κ3) is 2.11. The van der Waals surface area contributed by atoms with Crippen molar-refractivity contribution in [2.45, 2.75) is 0 Å². The van der Waals surface area contributed by atoms with Gasteiger partial charge in [-0.05, 0) is 18.2 Å². The average molecular weight is 286 g/mol. The molecule has 0 unspecified atom stereocenters. The van der Waals surface area contributed by atoms with Crippen LogP contribution < -0.4 is 5.73 Å². The van der Waals surface area contributed by atoms with Gasteiger partial charge in [0.15, 0.2) is 0 Å². The molecule has 0 amide bonds. The Morgan fingerprint density at radius 2 is 1.68 bits per heavy atom. The molecule has 4 rings (SSSR count). The van der Waals surface area contributed by atoms with E-state index in [-0.39, 0.29) is 0 Å². The second-order valence-electron chi connectivity index (χ2n) is 5.12. The first kappa shape index (κ1) is 12.6. The van der Waals surface area contributed by atoms with E-state index in [0.717, 1.165) is 28.2 Å². The Kier molecular flexibility index (Phi) is 2.86. The molecule has 2 N–H and O–H groups in total. The van der Waals surface area contributed by atoms with Crippen LogP contribution in [0, 0.1) is 0 Å². The number of nitrogens with two attached hydrogens (primary N) is 1. The molecule has 0 atom stereocenters. The second-order valence-corrected chi connectivity index (χ2v) is 5.12. The minimum Gasteiger partial charge on any atom is -0.399 e. The van der Waals surface area contributed by atoms with E-state index in [1.165, 1.54) is 0 Å². The number of imidazole rings is 1. The monoisotopic (exact) mass is 286 g/mol. The number of hydrogen-bond acceptors (Lipinski definition) is 3. The van der Waals surface area contributed by atoms with Gasteiger partial charge in [-0.3, -0.25) is 4.40 Å². The van der Waals surface area contributed by atoms with Crippen molar-refractivity contribution in [1.29, 1.82) is 0 Å². The van der Waals surface area contributed by atoms with E-state index in [1.54, 1.807) is 0 Å². The lowest BCUT2D eigenvalue weighted by Crippen LogP contribution is -1.93. The number of fused-ring (bicyclic) bond motifs is 1. The van der Waals surface area contributed by atoms with Gasteiger partial charge in [0, 0.05) is 23.0 Å². The van der Waals surface area contributed by atoms with Crippen molar-refractivity contribution in [3.05, 3.63) is 73.1 Å².